The van der Waals surface area contributed by atoms with Crippen LogP contribution >= 0.6 is 0 Å². The van der Waals surface area contributed by atoms with Gasteiger partial charge in [-0.2, -0.15) is 0 Å². The van der Waals surface area contributed by atoms with Crippen molar-refractivity contribution in [3.63, 3.8) is 0 Å². The minimum absolute atomic E-state index is 0.108. The smallest absolute Gasteiger partial charge is 0.305 e. The largest absolute Gasteiger partial charge is 0.481 e. The molecule has 0 aliphatic heterocycles. The maximum absolute atomic E-state index is 10.1. The second kappa shape index (κ2) is 6.62. The molecule has 0 bridgehead atoms. The normalized spacial score (nSPS) is 15.9. The molecule has 0 aromatic carbocycles. The number of hydrogen-bond donors (Lipinski definition) is 3. The van der Waals surface area contributed by atoms with E-state index < -0.39 is 18.2 Å². The van der Waals surface area contributed by atoms with E-state index in [0.717, 1.165) is 0 Å². The highest BCUT2D eigenvalue weighted by atomic mass is 16.4. The van der Waals surface area contributed by atoms with Gasteiger partial charge in [-0.05, 0) is 13.3 Å². The summed E-state index contributed by atoms with van der Waals surface area (Å²) in [7, 11) is 0. The van der Waals surface area contributed by atoms with Gasteiger partial charge in [0.1, 0.15) is 0 Å². The van der Waals surface area contributed by atoms with E-state index in [1.54, 1.807) is 12.2 Å². The molecule has 0 fully saturated rings. The van der Waals surface area contributed by atoms with Gasteiger partial charge in [-0.15, -0.1) is 0 Å². The Morgan fingerprint density at radius 2 is 2.00 bits per heavy atom. The Bertz CT molecular complexity index is 176. The predicted octanol–water partition coefficient (Wildman–Crippen LogP) is 0.539. The molecule has 0 aliphatic rings. The van der Waals surface area contributed by atoms with E-state index in [9.17, 15) is 9.90 Å². The van der Waals surface area contributed by atoms with Crippen molar-refractivity contribution in [2.24, 2.45) is 0 Å². The quantitative estimate of drug-likeness (QED) is 0.531. The molecule has 2 atom stereocenters. The van der Waals surface area contributed by atoms with Crippen molar-refractivity contribution in [2.75, 3.05) is 0 Å². The molecule has 0 saturated carbocycles. The van der Waals surface area contributed by atoms with Crippen LogP contribution in [0, 0.1) is 0 Å². The molecular weight excluding hydrogens is 172 g/mol. The van der Waals surface area contributed by atoms with Crippen molar-refractivity contribution in [1.29, 1.82) is 0 Å². The van der Waals surface area contributed by atoms with Crippen molar-refractivity contribution in [3.05, 3.63) is 12.2 Å². The van der Waals surface area contributed by atoms with Gasteiger partial charge in [0.2, 0.25) is 0 Å². The molecule has 4 nitrogen and oxygen atoms in total. The molecule has 0 saturated heterocycles. The fourth-order valence-corrected chi connectivity index (χ4v) is 0.988. The molecular formula is C9H16O4. The molecule has 4 heteroatoms. The van der Waals surface area contributed by atoms with Gasteiger partial charge in [0.15, 0.2) is 0 Å². The van der Waals surface area contributed by atoms with Gasteiger partial charge >= 0.3 is 5.97 Å². The van der Waals surface area contributed by atoms with E-state index in [1.807, 2.05) is 6.92 Å². The minimum atomic E-state index is -1.05. The summed E-state index contributed by atoms with van der Waals surface area (Å²) in [5, 5.41) is 26.7. The lowest BCUT2D eigenvalue weighted by atomic mass is 10.1. The standard InChI is InChI=1S/C9H16O4/c1-2-3-4-7(10)5-8(11)6-9(12)13/h2-3,7-8,10-11H,4-6H2,1H3,(H,12,13). The van der Waals surface area contributed by atoms with Gasteiger partial charge in [-0.1, -0.05) is 12.2 Å². The van der Waals surface area contributed by atoms with Crippen LogP contribution < -0.4 is 0 Å². The van der Waals surface area contributed by atoms with Gasteiger partial charge in [0.05, 0.1) is 18.6 Å². The van der Waals surface area contributed by atoms with Crippen molar-refractivity contribution >= 4 is 5.97 Å². The predicted molar refractivity (Wildman–Crippen MR) is 48.3 cm³/mol. The number of carbonyl (C=O) groups is 1. The van der Waals surface area contributed by atoms with E-state index in [-0.39, 0.29) is 12.8 Å². The van der Waals surface area contributed by atoms with Gasteiger partial charge < -0.3 is 15.3 Å². The summed E-state index contributed by atoms with van der Waals surface area (Å²) in [5.74, 6) is -1.05. The Morgan fingerprint density at radius 3 is 2.46 bits per heavy atom. The Labute approximate surface area is 77.5 Å². The molecule has 3 N–H and O–H groups in total. The third kappa shape index (κ3) is 7.49. The molecule has 76 valence electrons. The highest BCUT2D eigenvalue weighted by Gasteiger charge is 2.13. The Kier molecular flexibility index (Phi) is 6.18. The van der Waals surface area contributed by atoms with Gasteiger partial charge in [-0.3, -0.25) is 4.79 Å². The molecule has 0 rings (SSSR count). The number of aliphatic hydroxyl groups excluding tert-OH is 2. The number of allylic oxidation sites excluding steroid dienone is 1. The third-order valence-electron chi connectivity index (χ3n) is 1.60. The van der Waals surface area contributed by atoms with Crippen molar-refractivity contribution in [1.82, 2.24) is 0 Å². The summed E-state index contributed by atoms with van der Waals surface area (Å²) < 4.78 is 0. The van der Waals surface area contributed by atoms with Crippen LogP contribution in [-0.2, 0) is 4.79 Å². The molecule has 13 heavy (non-hydrogen) atoms. The number of carboxylic acids is 1. The summed E-state index contributed by atoms with van der Waals surface area (Å²) in [6.45, 7) is 1.83. The number of hydrogen-bond acceptors (Lipinski definition) is 3. The number of rotatable bonds is 6. The topological polar surface area (TPSA) is 77.8 Å². The van der Waals surface area contributed by atoms with E-state index in [1.165, 1.54) is 0 Å². The Morgan fingerprint density at radius 1 is 1.38 bits per heavy atom. The second-order valence-electron chi connectivity index (χ2n) is 2.95. The Hall–Kier alpha value is -0.870. The molecule has 0 spiro atoms. The first-order valence-electron chi connectivity index (χ1n) is 4.25. The highest BCUT2D eigenvalue weighted by molar-refractivity contribution is 5.67. The molecule has 0 radical (unpaired) electrons. The van der Waals surface area contributed by atoms with Gasteiger partial charge in [0, 0.05) is 6.42 Å². The SMILES string of the molecule is CC=CCC(O)CC(O)CC(=O)O. The van der Waals surface area contributed by atoms with Crippen LogP contribution in [0.4, 0.5) is 0 Å². The summed E-state index contributed by atoms with van der Waals surface area (Å²) >= 11 is 0. The first-order valence-corrected chi connectivity index (χ1v) is 4.25. The number of aliphatic carboxylic acids is 1. The fourth-order valence-electron chi connectivity index (χ4n) is 0.988. The van der Waals surface area contributed by atoms with Crippen LogP contribution in [0.5, 0.6) is 0 Å². The van der Waals surface area contributed by atoms with Crippen LogP contribution in [0.25, 0.3) is 0 Å². The summed E-state index contributed by atoms with van der Waals surface area (Å²) in [5.41, 5.74) is 0. The van der Waals surface area contributed by atoms with E-state index >= 15 is 0 Å². The first kappa shape index (κ1) is 12.1. The minimum Gasteiger partial charge on any atom is -0.481 e. The highest BCUT2D eigenvalue weighted by Crippen LogP contribution is 2.06. The molecule has 0 aromatic heterocycles. The summed E-state index contributed by atoms with van der Waals surface area (Å²) in [6.07, 6.45) is 2.20. The monoisotopic (exact) mass is 188 g/mol. The van der Waals surface area contributed by atoms with E-state index in [0.29, 0.717) is 6.42 Å². The fraction of sp³-hybridized carbons (Fsp3) is 0.667. The van der Waals surface area contributed by atoms with E-state index in [2.05, 4.69) is 0 Å². The number of aliphatic hydroxyl groups is 2. The average molecular weight is 188 g/mol. The second-order valence-corrected chi connectivity index (χ2v) is 2.95. The van der Waals surface area contributed by atoms with Crippen LogP contribution in [-0.4, -0.2) is 33.5 Å². The molecule has 0 amide bonds. The van der Waals surface area contributed by atoms with Crippen LogP contribution in [0.3, 0.4) is 0 Å². The van der Waals surface area contributed by atoms with E-state index in [4.69, 9.17) is 10.2 Å². The zero-order chi connectivity index (χ0) is 10.3. The Balaban J connectivity index is 3.64. The molecule has 2 unspecified atom stereocenters. The zero-order valence-electron chi connectivity index (χ0n) is 7.68. The maximum atomic E-state index is 10.1. The van der Waals surface area contributed by atoms with Crippen molar-refractivity contribution in [2.45, 2.75) is 38.4 Å². The van der Waals surface area contributed by atoms with Crippen LogP contribution in [0.2, 0.25) is 0 Å². The maximum Gasteiger partial charge on any atom is 0.305 e. The van der Waals surface area contributed by atoms with Crippen LogP contribution in [0.1, 0.15) is 26.2 Å². The van der Waals surface area contributed by atoms with Gasteiger partial charge in [0.25, 0.3) is 0 Å². The summed E-state index contributed by atoms with van der Waals surface area (Å²) in [4.78, 5) is 10.1. The lowest BCUT2D eigenvalue weighted by Gasteiger charge is -2.11. The number of carboxylic acid groups (broad SMARTS) is 1. The average Bonchev–Trinajstić information content (AvgIpc) is 1.98. The molecule has 0 aromatic rings. The van der Waals surface area contributed by atoms with Crippen LogP contribution in [0.15, 0.2) is 12.2 Å². The molecule has 0 heterocycles. The van der Waals surface area contributed by atoms with Crippen molar-refractivity contribution < 1.29 is 20.1 Å². The first-order chi connectivity index (χ1) is 6.06. The third-order valence-corrected chi connectivity index (χ3v) is 1.60. The molecule has 0 aliphatic carbocycles. The lowest BCUT2D eigenvalue weighted by molar-refractivity contribution is -0.139. The zero-order valence-corrected chi connectivity index (χ0v) is 7.68. The van der Waals surface area contributed by atoms with Gasteiger partial charge in [-0.25, -0.2) is 0 Å². The van der Waals surface area contributed by atoms with Crippen molar-refractivity contribution in [3.8, 4) is 0 Å². The summed E-state index contributed by atoms with van der Waals surface area (Å²) in [6, 6.07) is 0. The lowest BCUT2D eigenvalue weighted by Crippen LogP contribution is -2.20.